The normalized spacial score (nSPS) is 6.76. The van der Waals surface area contributed by atoms with Gasteiger partial charge < -0.3 is 20.3 Å². The number of aromatic nitrogens is 2. The molecule has 4 N–H and O–H groups in total. The Morgan fingerprint density at radius 2 is 1.24 bits per heavy atom. The Bertz CT molecular complexity index is 239. The Morgan fingerprint density at radius 1 is 0.941 bits per heavy atom. The smallest absolute Gasteiger partial charge is 0.300 e. The molecule has 0 aromatic carbocycles. The highest BCUT2D eigenvalue weighted by Gasteiger charge is 1.66. The Kier molecular flexibility index (Phi) is 19.0. The Morgan fingerprint density at radius 3 is 1.29 bits per heavy atom. The van der Waals surface area contributed by atoms with E-state index < -0.39 is 17.9 Å². The van der Waals surface area contributed by atoms with Crippen LogP contribution in [0.25, 0.3) is 0 Å². The minimum atomic E-state index is -0.833. The summed E-state index contributed by atoms with van der Waals surface area (Å²) < 4.78 is 0. The van der Waals surface area contributed by atoms with Crippen LogP contribution in [0.5, 0.6) is 0 Å². The van der Waals surface area contributed by atoms with Gasteiger partial charge in [0.25, 0.3) is 17.9 Å². The lowest BCUT2D eigenvalue weighted by molar-refractivity contribution is -0.135. The van der Waals surface area contributed by atoms with Crippen LogP contribution in [-0.2, 0) is 14.4 Å². The summed E-state index contributed by atoms with van der Waals surface area (Å²) >= 11 is 0. The van der Waals surface area contributed by atoms with Crippen LogP contribution < -0.4 is 0 Å². The predicted octanol–water partition coefficient (Wildman–Crippen LogP) is 0.682. The first-order valence-corrected chi connectivity index (χ1v) is 4.21. The molecule has 8 nitrogen and oxygen atoms in total. The first-order valence-electron chi connectivity index (χ1n) is 4.21. The summed E-state index contributed by atoms with van der Waals surface area (Å²) in [6.07, 6.45) is 5.08. The molecule has 98 valence electrons. The summed E-state index contributed by atoms with van der Waals surface area (Å²) in [5.74, 6) is -2.50. The van der Waals surface area contributed by atoms with E-state index >= 15 is 0 Å². The highest BCUT2D eigenvalue weighted by Crippen LogP contribution is 1.62. The number of nitrogens with one attached hydrogen (secondary N) is 1. The molecule has 0 unspecified atom stereocenters. The van der Waals surface area contributed by atoms with Crippen molar-refractivity contribution in [2.75, 3.05) is 0 Å². The maximum absolute atomic E-state index is 9.00. The molecule has 1 rings (SSSR count). The van der Waals surface area contributed by atoms with Crippen molar-refractivity contribution in [3.8, 4) is 0 Å². The molecule has 8 heteroatoms. The first kappa shape index (κ1) is 20.1. The molecule has 1 heterocycles. The van der Waals surface area contributed by atoms with Gasteiger partial charge in [-0.3, -0.25) is 14.4 Å². The molecule has 0 amide bonds. The van der Waals surface area contributed by atoms with Crippen LogP contribution in [0.4, 0.5) is 0 Å². The number of nitrogens with zero attached hydrogens (tertiary/aromatic N) is 1. The fourth-order valence-electron chi connectivity index (χ4n) is 0.215. The van der Waals surface area contributed by atoms with Crippen molar-refractivity contribution in [3.63, 3.8) is 0 Å². The molecule has 1 aromatic rings. The molecule has 1 aromatic heterocycles. The molecule has 0 spiro atoms. The number of imidazole rings is 1. The number of carboxylic acids is 3. The number of aromatic amines is 1. The van der Waals surface area contributed by atoms with E-state index in [1.165, 1.54) is 0 Å². The van der Waals surface area contributed by atoms with Gasteiger partial charge in [-0.25, -0.2) is 4.98 Å². The second-order valence-electron chi connectivity index (χ2n) is 2.32. The van der Waals surface area contributed by atoms with Crippen molar-refractivity contribution in [1.82, 2.24) is 9.97 Å². The van der Waals surface area contributed by atoms with Gasteiger partial charge in [0, 0.05) is 33.2 Å². The highest BCUT2D eigenvalue weighted by molar-refractivity contribution is 5.63. The lowest BCUT2D eigenvalue weighted by Crippen LogP contribution is -1.78. The standard InChI is InChI=1S/C3H4N2.3C2H4O2/c1-2-5-3-4-1;3*1-2(3)4/h1-3H,(H,4,5);3*1H3,(H,3,4). The number of carboxylic acid groups (broad SMARTS) is 3. The number of hydrogen-bond donors (Lipinski definition) is 4. The second kappa shape index (κ2) is 16.1. The monoisotopic (exact) mass is 248 g/mol. The van der Waals surface area contributed by atoms with Crippen LogP contribution in [0.15, 0.2) is 18.7 Å². The Labute approximate surface area is 97.9 Å². The third-order valence-corrected chi connectivity index (χ3v) is 0.406. The lowest BCUT2D eigenvalue weighted by atomic mass is 10.9. The van der Waals surface area contributed by atoms with E-state index in [9.17, 15) is 0 Å². The molecule has 0 fully saturated rings. The zero-order valence-electron chi connectivity index (χ0n) is 9.75. The lowest BCUT2D eigenvalue weighted by Gasteiger charge is -1.59. The molecule has 0 bridgehead atoms. The summed E-state index contributed by atoms with van der Waals surface area (Å²) in [7, 11) is 0. The van der Waals surface area contributed by atoms with Crippen molar-refractivity contribution in [1.29, 1.82) is 0 Å². The largest absolute Gasteiger partial charge is 0.481 e. The molecule has 0 saturated carbocycles. The summed E-state index contributed by atoms with van der Waals surface area (Å²) in [5.41, 5.74) is 0. The van der Waals surface area contributed by atoms with E-state index in [0.717, 1.165) is 20.8 Å². The molecule has 0 saturated heterocycles. The van der Waals surface area contributed by atoms with E-state index in [1.54, 1.807) is 18.7 Å². The van der Waals surface area contributed by atoms with Gasteiger partial charge in [-0.1, -0.05) is 0 Å². The quantitative estimate of drug-likeness (QED) is 0.529. The van der Waals surface area contributed by atoms with Gasteiger partial charge in [0.2, 0.25) is 0 Å². The zero-order chi connectivity index (χ0) is 14.3. The van der Waals surface area contributed by atoms with Gasteiger partial charge in [0.05, 0.1) is 6.33 Å². The minimum absolute atomic E-state index is 0.833. The third-order valence-electron chi connectivity index (χ3n) is 0.406. The van der Waals surface area contributed by atoms with Crippen LogP contribution in [0.1, 0.15) is 20.8 Å². The van der Waals surface area contributed by atoms with E-state index in [-0.39, 0.29) is 0 Å². The number of rotatable bonds is 0. The number of carbonyl (C=O) groups is 3. The number of H-pyrrole nitrogens is 1. The maximum Gasteiger partial charge on any atom is 0.300 e. The molecule has 0 radical (unpaired) electrons. The fourth-order valence-corrected chi connectivity index (χ4v) is 0.215. The van der Waals surface area contributed by atoms with Gasteiger partial charge in [0.15, 0.2) is 0 Å². The predicted molar refractivity (Wildman–Crippen MR) is 58.5 cm³/mol. The molecular formula is C9H16N2O6. The van der Waals surface area contributed by atoms with Crippen LogP contribution >= 0.6 is 0 Å². The zero-order valence-corrected chi connectivity index (χ0v) is 9.75. The van der Waals surface area contributed by atoms with Crippen LogP contribution in [0, 0.1) is 0 Å². The van der Waals surface area contributed by atoms with Gasteiger partial charge >= 0.3 is 0 Å². The number of hydrogen-bond acceptors (Lipinski definition) is 4. The van der Waals surface area contributed by atoms with Gasteiger partial charge in [0.1, 0.15) is 0 Å². The molecular weight excluding hydrogens is 232 g/mol. The Hall–Kier alpha value is -2.38. The first-order chi connectivity index (χ1) is 7.70. The summed E-state index contributed by atoms with van der Waals surface area (Å²) in [5, 5.41) is 22.2. The Balaban J connectivity index is -0.000000155. The SMILES string of the molecule is CC(=O)O.CC(=O)O.CC(=O)O.c1c[nH]cn1. The van der Waals surface area contributed by atoms with Crippen molar-refractivity contribution in [3.05, 3.63) is 18.7 Å². The minimum Gasteiger partial charge on any atom is -0.481 e. The van der Waals surface area contributed by atoms with Gasteiger partial charge in [-0.2, -0.15) is 0 Å². The van der Waals surface area contributed by atoms with Crippen LogP contribution in [0.3, 0.4) is 0 Å². The highest BCUT2D eigenvalue weighted by atomic mass is 16.4. The van der Waals surface area contributed by atoms with E-state index in [4.69, 9.17) is 29.7 Å². The average molecular weight is 248 g/mol. The average Bonchev–Trinajstić information content (AvgIpc) is 2.53. The summed E-state index contributed by atoms with van der Waals surface area (Å²) in [6, 6.07) is 0. The van der Waals surface area contributed by atoms with E-state index in [0.29, 0.717) is 0 Å². The third kappa shape index (κ3) is 268. The number of aliphatic carboxylic acids is 3. The van der Waals surface area contributed by atoms with Gasteiger partial charge in [-0.05, 0) is 0 Å². The van der Waals surface area contributed by atoms with E-state index in [1.807, 2.05) is 0 Å². The van der Waals surface area contributed by atoms with Crippen molar-refractivity contribution >= 4 is 17.9 Å². The van der Waals surface area contributed by atoms with Crippen molar-refractivity contribution < 1.29 is 29.7 Å². The summed E-state index contributed by atoms with van der Waals surface area (Å²) in [6.45, 7) is 3.25. The topological polar surface area (TPSA) is 141 Å². The van der Waals surface area contributed by atoms with Crippen molar-refractivity contribution in [2.24, 2.45) is 0 Å². The second-order valence-corrected chi connectivity index (χ2v) is 2.32. The van der Waals surface area contributed by atoms with Crippen molar-refractivity contribution in [2.45, 2.75) is 20.8 Å². The molecule has 0 aliphatic rings. The molecule has 0 atom stereocenters. The molecule has 0 aliphatic heterocycles. The molecule has 0 aliphatic carbocycles. The fraction of sp³-hybridized carbons (Fsp3) is 0.333. The van der Waals surface area contributed by atoms with Crippen LogP contribution in [0.2, 0.25) is 0 Å². The molecule has 17 heavy (non-hydrogen) atoms. The van der Waals surface area contributed by atoms with Crippen LogP contribution in [-0.4, -0.2) is 43.2 Å². The van der Waals surface area contributed by atoms with E-state index in [2.05, 4.69) is 9.97 Å². The van der Waals surface area contributed by atoms with Gasteiger partial charge in [-0.15, -0.1) is 0 Å². The summed E-state index contributed by atoms with van der Waals surface area (Å²) in [4.78, 5) is 33.4. The maximum atomic E-state index is 9.00.